The number of amides is 7. The van der Waals surface area contributed by atoms with Crippen molar-refractivity contribution < 1.29 is 105 Å². The van der Waals surface area contributed by atoms with Crippen molar-refractivity contribution in [3.8, 4) is 5.75 Å². The molecule has 0 spiro atoms. The number of aliphatic imine (C=N–C) groups is 2. The Morgan fingerprint density at radius 2 is 0.980 bits per heavy atom. The van der Waals surface area contributed by atoms with Crippen LogP contribution < -0.4 is 54.8 Å². The molecule has 2 aliphatic rings. The van der Waals surface area contributed by atoms with Crippen LogP contribution in [0.3, 0.4) is 0 Å². The van der Waals surface area contributed by atoms with Crippen molar-refractivity contribution in [2.24, 2.45) is 32.9 Å². The van der Waals surface area contributed by atoms with Crippen molar-refractivity contribution in [3.05, 3.63) is 113 Å². The fraction of sp³-hybridized carbons (Fsp3) is 0.493. The Hall–Kier alpha value is -8.40. The van der Waals surface area contributed by atoms with Crippen molar-refractivity contribution in [3.63, 3.8) is 0 Å². The Labute approximate surface area is 614 Å². The minimum atomic E-state index is -1.44. The maximum Gasteiger partial charge on any atom is 0.317 e. The maximum atomic E-state index is 15.3. The number of carboxylic acids is 3. The summed E-state index contributed by atoms with van der Waals surface area (Å²) in [5.41, 5.74) is 24.8. The molecule has 4 aromatic carbocycles. The van der Waals surface area contributed by atoms with Gasteiger partial charge in [0.05, 0.1) is 31.9 Å². The molecule has 553 valence electrons. The molecule has 2 aliphatic heterocycles. The number of thioether (sulfide) groups is 1. The summed E-state index contributed by atoms with van der Waals surface area (Å²) in [5.74, 6) is -8.40. The minimum absolute atomic E-state index is 0. The first-order chi connectivity index (χ1) is 47.4. The predicted octanol–water partition coefficient (Wildman–Crippen LogP) is -1.47. The Bertz CT molecular complexity index is 3420. The smallest absolute Gasteiger partial charge is 0.317 e. The Kier molecular flexibility index (Phi) is 35.6. The second kappa shape index (κ2) is 43.3. The summed E-state index contributed by atoms with van der Waals surface area (Å²) in [6, 6.07) is 19.6. The molecule has 2 fully saturated rings. The van der Waals surface area contributed by atoms with Gasteiger partial charge in [0.25, 0.3) is 0 Å². The molecule has 1 radical (unpaired) electrons. The summed E-state index contributed by atoms with van der Waals surface area (Å²) >= 11 is 1.02. The van der Waals surface area contributed by atoms with Gasteiger partial charge in [0.2, 0.25) is 41.4 Å². The summed E-state index contributed by atoms with van der Waals surface area (Å²) in [5, 5.41) is 58.0. The van der Waals surface area contributed by atoms with Crippen LogP contribution in [0.1, 0.15) is 67.7 Å². The Balaban J connectivity index is 0.0000180. The number of guanidine groups is 2. The summed E-state index contributed by atoms with van der Waals surface area (Å²) in [6.07, 6.45) is 2.34. The van der Waals surface area contributed by atoms with Gasteiger partial charge in [0.15, 0.2) is 11.9 Å². The number of carbonyl (C=O) groups is 10. The van der Waals surface area contributed by atoms with Gasteiger partial charge in [-0.05, 0) is 77.8 Å². The number of nitrogens with one attached hydrogen (secondary N) is 6. The van der Waals surface area contributed by atoms with Gasteiger partial charge in [-0.15, -0.1) is 11.8 Å². The molecule has 0 aliphatic carbocycles. The van der Waals surface area contributed by atoms with E-state index in [9.17, 15) is 58.8 Å². The number of rotatable bonds is 31. The zero-order chi connectivity index (χ0) is 71.8. The molecule has 4 aromatic rings. The van der Waals surface area contributed by atoms with Crippen molar-refractivity contribution in [1.82, 2.24) is 56.4 Å². The fourth-order valence-electron chi connectivity index (χ4n) is 11.4. The third kappa shape index (κ3) is 30.2. The van der Waals surface area contributed by atoms with Crippen LogP contribution in [0.15, 0.2) is 101 Å². The molecule has 0 aromatic heterocycles. The topological polar surface area (TPSA) is 469 Å². The molecule has 33 heteroatoms. The van der Waals surface area contributed by atoms with E-state index in [0.717, 1.165) is 22.5 Å². The first-order valence-corrected chi connectivity index (χ1v) is 34.2. The molecule has 6 rings (SSSR count). The molecule has 0 unspecified atom stereocenters. The molecular formula is C67H95LuN17O14S. The van der Waals surface area contributed by atoms with Crippen LogP contribution in [0.2, 0.25) is 0 Å². The Morgan fingerprint density at radius 3 is 1.55 bits per heavy atom. The van der Waals surface area contributed by atoms with Gasteiger partial charge in [0, 0.05) is 141 Å². The molecule has 18 N–H and O–H groups in total. The summed E-state index contributed by atoms with van der Waals surface area (Å²) in [6.45, 7) is 3.06. The third-order valence-corrected chi connectivity index (χ3v) is 17.7. The molecular weight excluding hydrogens is 1470 g/mol. The molecule has 7 amide bonds. The average Bonchev–Trinajstić information content (AvgIpc) is 1.17. The Morgan fingerprint density at radius 1 is 0.510 bits per heavy atom. The zero-order valence-corrected chi connectivity index (χ0v) is 58.6. The second-order valence-corrected chi connectivity index (χ2v) is 25.6. The molecule has 100 heavy (non-hydrogen) atoms. The number of fused-ring (bicyclic) bond motifs is 1. The largest absolute Gasteiger partial charge is 0.508 e. The SMILES string of the molecule is C[C@@H]1C(=O)N[C@@H](CCCN=C(N)N)C(=O)N[C@@H](Cc2ccc3ccccc3c2)C(=O)N[C@H](CSCC(=O)NCc2cccc(CNC(=O)CN3CCN(CC(=O)O)CCN(CC(=O)O)CCN(CC(=O)O)CC3)c2)C(=O)N[C@H](Cc2ccc(O)cc2)C(=O)N1CCCCCCN=C(N)N.[Lu]. The van der Waals surface area contributed by atoms with Crippen LogP contribution >= 0.6 is 11.8 Å². The normalized spacial score (nSPS) is 19.1. The van der Waals surface area contributed by atoms with E-state index in [2.05, 4.69) is 41.9 Å². The van der Waals surface area contributed by atoms with E-state index in [1.807, 2.05) is 47.4 Å². The van der Waals surface area contributed by atoms with Crippen molar-refractivity contribution in [2.75, 3.05) is 110 Å². The monoisotopic (exact) mass is 1570 g/mol. The number of phenolic OH excluding ortho intramolecular Hbond substituents is 1. The van der Waals surface area contributed by atoms with Crippen LogP contribution in [0.25, 0.3) is 10.8 Å². The van der Waals surface area contributed by atoms with Gasteiger partial charge in [-0.2, -0.15) is 0 Å². The molecule has 2 saturated heterocycles. The predicted molar refractivity (Wildman–Crippen MR) is 374 cm³/mol. The minimum Gasteiger partial charge on any atom is -0.508 e. The van der Waals surface area contributed by atoms with Gasteiger partial charge < -0.3 is 80.2 Å². The molecule has 5 atom stereocenters. The number of aliphatic carboxylic acids is 3. The molecule has 2 heterocycles. The van der Waals surface area contributed by atoms with Crippen LogP contribution in [0.4, 0.5) is 0 Å². The third-order valence-electron chi connectivity index (χ3n) is 16.7. The number of carbonyl (C=O) groups excluding carboxylic acids is 7. The molecule has 0 saturated carbocycles. The van der Waals surface area contributed by atoms with E-state index in [0.29, 0.717) is 54.5 Å². The van der Waals surface area contributed by atoms with Gasteiger partial charge in [0.1, 0.15) is 36.0 Å². The molecule has 31 nitrogen and oxygen atoms in total. The number of aromatic hydroxyl groups is 1. The number of nitrogens with two attached hydrogens (primary N) is 4. The van der Waals surface area contributed by atoms with Crippen molar-refractivity contribution >= 4 is 93.7 Å². The van der Waals surface area contributed by atoms with Crippen molar-refractivity contribution in [1.29, 1.82) is 0 Å². The summed E-state index contributed by atoms with van der Waals surface area (Å²) < 4.78 is 0. The number of nitrogens with zero attached hydrogens (tertiary/aromatic N) is 7. The van der Waals surface area contributed by atoms with Gasteiger partial charge in [-0.25, -0.2) is 0 Å². The zero-order valence-electron chi connectivity index (χ0n) is 56.1. The van der Waals surface area contributed by atoms with E-state index < -0.39 is 83.6 Å². The van der Waals surface area contributed by atoms with E-state index >= 15 is 9.59 Å². The number of hydrogen-bond donors (Lipinski definition) is 14. The van der Waals surface area contributed by atoms with E-state index in [1.54, 1.807) is 51.1 Å². The molecule has 0 bridgehead atoms. The fourth-order valence-corrected chi connectivity index (χ4v) is 12.2. The summed E-state index contributed by atoms with van der Waals surface area (Å²) in [4.78, 5) is 153. The quantitative estimate of drug-likeness (QED) is 0.0155. The number of hydrogen-bond acceptors (Lipinski definition) is 18. The van der Waals surface area contributed by atoms with Gasteiger partial charge in [-0.1, -0.05) is 91.7 Å². The number of benzene rings is 4. The first-order valence-electron chi connectivity index (χ1n) is 33.0. The van der Waals surface area contributed by atoms with Crippen molar-refractivity contribution in [2.45, 2.75) is 102 Å². The van der Waals surface area contributed by atoms with Gasteiger partial charge >= 0.3 is 17.9 Å². The number of carboxylic acid groups (broad SMARTS) is 3. The van der Waals surface area contributed by atoms with Gasteiger partial charge in [-0.3, -0.25) is 77.5 Å². The van der Waals surface area contributed by atoms with Crippen LogP contribution in [-0.4, -0.2) is 256 Å². The first kappa shape index (κ1) is 82.3. The van der Waals surface area contributed by atoms with E-state index in [-0.39, 0.29) is 202 Å². The summed E-state index contributed by atoms with van der Waals surface area (Å²) in [7, 11) is 0. The van der Waals surface area contributed by atoms with E-state index in [1.165, 1.54) is 24.0 Å². The van der Waals surface area contributed by atoms with Crippen LogP contribution in [0, 0.1) is 36.9 Å². The van der Waals surface area contributed by atoms with Crippen LogP contribution in [0.5, 0.6) is 5.75 Å². The number of unbranched alkanes of at least 4 members (excludes halogenated alkanes) is 3. The van der Waals surface area contributed by atoms with Crippen LogP contribution in [-0.2, 0) is 73.9 Å². The average molecular weight is 1570 g/mol. The maximum absolute atomic E-state index is 15.3. The number of phenols is 1. The second-order valence-electron chi connectivity index (χ2n) is 24.6. The standard InChI is InChI=1S/C67H95N17O14S.Lu/c1-44-61(94)76-52(14-9-22-73-67(70)71)62(95)77-53(35-46-15-18-49-12-4-5-13-50(49)33-46)63(96)79-55(64(97)78-54(34-45-16-19-51(85)20-17-45)65(98)84(44)23-7-3-2-6-21-72-66(68)69)42-99-43-57(87)75-37-48-11-8-10-47(32-48)36-74-56(86)38-80-24-26-81(39-58(88)89)28-30-83(41-60(92)93)31-29-82(27-25-80)40-59(90)91;/h4-5,8,10-13,15-20,32-33,44,52-55,85H,2-3,6-7,9,14,21-31,34-43H2,1H3,(H,74,86)(H,75,87)(H,76,94)(H,77,95)(H,78,97)(H,79,96)(H,88,89)(H,90,91)(H,92,93)(H4,68,69,72)(H4,70,71,73);/t44-,52+,53+,54-,55-;/m1./s1. The van der Waals surface area contributed by atoms with E-state index in [4.69, 9.17) is 22.9 Å².